The predicted molar refractivity (Wildman–Crippen MR) is 87.5 cm³/mol. The Balaban J connectivity index is 1.98. The lowest BCUT2D eigenvalue weighted by atomic mass is 10.2. The highest BCUT2D eigenvalue weighted by Crippen LogP contribution is 2.21. The number of unbranched alkanes of at least 4 members (excludes halogenated alkanes) is 1. The molecule has 0 saturated heterocycles. The quantitative estimate of drug-likeness (QED) is 0.816. The zero-order chi connectivity index (χ0) is 15.8. The molecule has 0 aliphatic rings. The number of benzene rings is 2. The highest BCUT2D eigenvalue weighted by Gasteiger charge is 2.13. The van der Waals surface area contributed by atoms with Crippen molar-refractivity contribution in [1.29, 1.82) is 0 Å². The summed E-state index contributed by atoms with van der Waals surface area (Å²) in [5.41, 5.74) is 1.77. The van der Waals surface area contributed by atoms with E-state index in [1.807, 2.05) is 37.3 Å². The van der Waals surface area contributed by atoms with Crippen molar-refractivity contribution in [2.45, 2.75) is 26.4 Å². The zero-order valence-electron chi connectivity index (χ0n) is 12.7. The molecule has 0 saturated carbocycles. The molecule has 0 heterocycles. The van der Waals surface area contributed by atoms with E-state index >= 15 is 0 Å². The fourth-order valence-corrected chi connectivity index (χ4v) is 2.11. The molecule has 4 nitrogen and oxygen atoms in total. The van der Waals surface area contributed by atoms with Gasteiger partial charge in [0.1, 0.15) is 12.4 Å². The van der Waals surface area contributed by atoms with E-state index in [0.29, 0.717) is 18.8 Å². The van der Waals surface area contributed by atoms with Crippen molar-refractivity contribution in [3.8, 4) is 5.75 Å². The SMILES string of the molecule is CCCCN(C(=O)O)c1ccc(OCc2ccccc2)cc1. The normalized spacial score (nSPS) is 10.2. The van der Waals surface area contributed by atoms with E-state index in [1.165, 1.54) is 4.90 Å². The van der Waals surface area contributed by atoms with Crippen LogP contribution >= 0.6 is 0 Å². The summed E-state index contributed by atoms with van der Waals surface area (Å²) < 4.78 is 5.70. The van der Waals surface area contributed by atoms with Gasteiger partial charge in [-0.15, -0.1) is 0 Å². The van der Waals surface area contributed by atoms with Gasteiger partial charge in [-0.25, -0.2) is 4.79 Å². The first-order valence-corrected chi connectivity index (χ1v) is 7.48. The molecule has 1 amide bonds. The van der Waals surface area contributed by atoms with Gasteiger partial charge in [0, 0.05) is 12.2 Å². The minimum Gasteiger partial charge on any atom is -0.489 e. The van der Waals surface area contributed by atoms with Crippen LogP contribution in [0.4, 0.5) is 10.5 Å². The van der Waals surface area contributed by atoms with Crippen LogP contribution in [0.3, 0.4) is 0 Å². The van der Waals surface area contributed by atoms with Crippen LogP contribution < -0.4 is 9.64 Å². The minimum atomic E-state index is -0.925. The molecular weight excluding hydrogens is 278 g/mol. The Morgan fingerprint density at radius 2 is 1.77 bits per heavy atom. The first kappa shape index (κ1) is 15.9. The lowest BCUT2D eigenvalue weighted by Crippen LogP contribution is -2.30. The molecule has 0 aliphatic heterocycles. The van der Waals surface area contributed by atoms with E-state index < -0.39 is 6.09 Å². The summed E-state index contributed by atoms with van der Waals surface area (Å²) in [7, 11) is 0. The second-order valence-corrected chi connectivity index (χ2v) is 5.06. The molecule has 4 heteroatoms. The molecule has 0 unspecified atom stereocenters. The monoisotopic (exact) mass is 299 g/mol. The number of carbonyl (C=O) groups is 1. The Bertz CT molecular complexity index is 581. The van der Waals surface area contributed by atoms with E-state index in [1.54, 1.807) is 24.3 Å². The number of nitrogens with zero attached hydrogens (tertiary/aromatic N) is 1. The minimum absolute atomic E-state index is 0.499. The van der Waals surface area contributed by atoms with Crippen LogP contribution in [-0.4, -0.2) is 17.7 Å². The third kappa shape index (κ3) is 4.52. The molecule has 0 bridgehead atoms. The molecule has 2 aromatic carbocycles. The zero-order valence-corrected chi connectivity index (χ0v) is 12.7. The Morgan fingerprint density at radius 1 is 1.09 bits per heavy atom. The van der Waals surface area contributed by atoms with Crippen molar-refractivity contribution in [3.05, 3.63) is 60.2 Å². The Labute approximate surface area is 131 Å². The molecule has 116 valence electrons. The van der Waals surface area contributed by atoms with Gasteiger partial charge in [0.05, 0.1) is 0 Å². The largest absolute Gasteiger partial charge is 0.489 e. The van der Waals surface area contributed by atoms with Crippen LogP contribution in [0.5, 0.6) is 5.75 Å². The van der Waals surface area contributed by atoms with E-state index in [4.69, 9.17) is 4.74 Å². The van der Waals surface area contributed by atoms with Gasteiger partial charge in [0.2, 0.25) is 0 Å². The summed E-state index contributed by atoms with van der Waals surface area (Å²) in [6, 6.07) is 17.1. The lowest BCUT2D eigenvalue weighted by molar-refractivity contribution is 0.201. The number of ether oxygens (including phenoxy) is 1. The maximum absolute atomic E-state index is 11.3. The van der Waals surface area contributed by atoms with Crippen molar-refractivity contribution in [2.24, 2.45) is 0 Å². The second-order valence-electron chi connectivity index (χ2n) is 5.06. The summed E-state index contributed by atoms with van der Waals surface area (Å²) in [6.07, 6.45) is 0.882. The van der Waals surface area contributed by atoms with Crippen LogP contribution in [0.25, 0.3) is 0 Å². The molecule has 2 aromatic rings. The van der Waals surface area contributed by atoms with Crippen molar-refractivity contribution >= 4 is 11.8 Å². The first-order valence-electron chi connectivity index (χ1n) is 7.48. The standard InChI is InChI=1S/C18H21NO3/c1-2-3-13-19(18(20)21)16-9-11-17(12-10-16)22-14-15-7-5-4-6-8-15/h4-12H,2-3,13-14H2,1H3,(H,20,21). The molecule has 0 spiro atoms. The topological polar surface area (TPSA) is 49.8 Å². The highest BCUT2D eigenvalue weighted by atomic mass is 16.5. The van der Waals surface area contributed by atoms with Crippen LogP contribution in [-0.2, 0) is 6.61 Å². The molecule has 22 heavy (non-hydrogen) atoms. The molecular formula is C18H21NO3. The number of hydrogen-bond acceptors (Lipinski definition) is 2. The molecule has 0 aromatic heterocycles. The molecule has 0 atom stereocenters. The van der Waals surface area contributed by atoms with Crippen molar-refractivity contribution in [3.63, 3.8) is 0 Å². The van der Waals surface area contributed by atoms with Crippen molar-refractivity contribution in [2.75, 3.05) is 11.4 Å². The van der Waals surface area contributed by atoms with E-state index in [-0.39, 0.29) is 0 Å². The lowest BCUT2D eigenvalue weighted by Gasteiger charge is -2.19. The van der Waals surface area contributed by atoms with Crippen LogP contribution in [0.1, 0.15) is 25.3 Å². The third-order valence-electron chi connectivity index (χ3n) is 3.36. The van der Waals surface area contributed by atoms with Gasteiger partial charge in [0.15, 0.2) is 0 Å². The average molecular weight is 299 g/mol. The third-order valence-corrected chi connectivity index (χ3v) is 3.36. The number of anilines is 1. The van der Waals surface area contributed by atoms with Crippen LogP contribution in [0.2, 0.25) is 0 Å². The number of amides is 1. The van der Waals surface area contributed by atoms with Gasteiger partial charge in [-0.2, -0.15) is 0 Å². The Hall–Kier alpha value is -2.49. The fourth-order valence-electron chi connectivity index (χ4n) is 2.11. The van der Waals surface area contributed by atoms with Crippen LogP contribution in [0, 0.1) is 0 Å². The van der Waals surface area contributed by atoms with E-state index in [0.717, 1.165) is 24.2 Å². The molecule has 0 aliphatic carbocycles. The van der Waals surface area contributed by atoms with Gasteiger partial charge >= 0.3 is 6.09 Å². The number of carboxylic acid groups (broad SMARTS) is 1. The summed E-state index contributed by atoms with van der Waals surface area (Å²) in [6.45, 7) is 3.05. The molecule has 1 N–H and O–H groups in total. The molecule has 0 radical (unpaired) electrons. The van der Waals surface area contributed by atoms with Crippen molar-refractivity contribution < 1.29 is 14.6 Å². The predicted octanol–water partition coefficient (Wildman–Crippen LogP) is 4.55. The van der Waals surface area contributed by atoms with Gasteiger partial charge in [0.25, 0.3) is 0 Å². The molecule has 0 fully saturated rings. The average Bonchev–Trinajstić information content (AvgIpc) is 2.55. The van der Waals surface area contributed by atoms with Gasteiger partial charge < -0.3 is 9.84 Å². The summed E-state index contributed by atoms with van der Waals surface area (Å²) in [5, 5.41) is 9.27. The summed E-state index contributed by atoms with van der Waals surface area (Å²) in [4.78, 5) is 12.7. The number of rotatable bonds is 7. The Morgan fingerprint density at radius 3 is 2.36 bits per heavy atom. The Kier molecular flexibility index (Phi) is 5.83. The first-order chi connectivity index (χ1) is 10.7. The van der Waals surface area contributed by atoms with Gasteiger partial charge in [-0.05, 0) is 36.2 Å². The maximum Gasteiger partial charge on any atom is 0.411 e. The number of hydrogen-bond donors (Lipinski definition) is 1. The summed E-state index contributed by atoms with van der Waals surface area (Å²) in [5.74, 6) is 0.730. The van der Waals surface area contributed by atoms with E-state index in [2.05, 4.69) is 0 Å². The molecule has 2 rings (SSSR count). The second kappa shape index (κ2) is 8.08. The van der Waals surface area contributed by atoms with Crippen LogP contribution in [0.15, 0.2) is 54.6 Å². The maximum atomic E-state index is 11.3. The van der Waals surface area contributed by atoms with Gasteiger partial charge in [-0.1, -0.05) is 43.7 Å². The van der Waals surface area contributed by atoms with Crippen molar-refractivity contribution in [1.82, 2.24) is 0 Å². The van der Waals surface area contributed by atoms with Gasteiger partial charge in [-0.3, -0.25) is 4.90 Å². The smallest absolute Gasteiger partial charge is 0.411 e. The summed E-state index contributed by atoms with van der Waals surface area (Å²) >= 11 is 0. The fraction of sp³-hybridized carbons (Fsp3) is 0.278. The van der Waals surface area contributed by atoms with E-state index in [9.17, 15) is 9.90 Å². The highest BCUT2D eigenvalue weighted by molar-refractivity contribution is 5.86.